The van der Waals surface area contributed by atoms with Crippen molar-refractivity contribution in [3.63, 3.8) is 0 Å². The van der Waals surface area contributed by atoms with Crippen molar-refractivity contribution in [2.45, 2.75) is 284 Å². The van der Waals surface area contributed by atoms with E-state index in [0.29, 0.717) is 12.8 Å². The Morgan fingerprint density at radius 1 is 0.272 bits per heavy atom. The molecule has 0 amide bonds. The van der Waals surface area contributed by atoms with Gasteiger partial charge in [-0.2, -0.15) is 0 Å². The molecule has 0 saturated heterocycles. The second-order valence-electron chi connectivity index (χ2n) is 21.3. The number of hydrogen-bond donors (Lipinski definition) is 0. The summed E-state index contributed by atoms with van der Waals surface area (Å²) in [5, 5.41) is 0. The minimum atomic E-state index is -0.850. The van der Waals surface area contributed by atoms with Gasteiger partial charge in [-0.1, -0.05) is 288 Å². The SMILES string of the molecule is CC/C=C\C/C=C\C/C=C\C/C=C\C/C=C\C/C=C\CCCCC(=O)OC(COC(=O)C/C=C\C/C=C\C/C=C\C/C=C\C/C=C\CC)COC(=O)CCCCCCCCCCCCCCCCC/C=C\C/C=C\CCCCCCC. The van der Waals surface area contributed by atoms with E-state index in [2.05, 4.69) is 167 Å². The summed E-state index contributed by atoms with van der Waals surface area (Å²) in [7, 11) is 0. The quantitative estimate of drug-likeness (QED) is 0.0261. The van der Waals surface area contributed by atoms with Crippen LogP contribution in [0.4, 0.5) is 0 Å². The van der Waals surface area contributed by atoms with Gasteiger partial charge in [-0.15, -0.1) is 0 Å². The lowest BCUT2D eigenvalue weighted by atomic mass is 10.0. The molecule has 0 N–H and O–H groups in total. The fourth-order valence-corrected chi connectivity index (χ4v) is 8.67. The molecule has 81 heavy (non-hydrogen) atoms. The molecule has 0 aromatic carbocycles. The van der Waals surface area contributed by atoms with E-state index in [0.717, 1.165) is 109 Å². The zero-order valence-corrected chi connectivity index (χ0v) is 52.2. The first-order chi connectivity index (χ1) is 40.0. The summed E-state index contributed by atoms with van der Waals surface area (Å²) in [6.07, 6.45) is 98.6. The van der Waals surface area contributed by atoms with E-state index in [1.54, 1.807) is 6.08 Å². The van der Waals surface area contributed by atoms with Crippen molar-refractivity contribution < 1.29 is 28.6 Å². The predicted molar refractivity (Wildman–Crippen MR) is 352 cm³/mol. The van der Waals surface area contributed by atoms with Gasteiger partial charge >= 0.3 is 17.9 Å². The first-order valence-corrected chi connectivity index (χ1v) is 33.0. The largest absolute Gasteiger partial charge is 0.462 e. The molecule has 0 radical (unpaired) electrons. The second kappa shape index (κ2) is 67.5. The van der Waals surface area contributed by atoms with E-state index < -0.39 is 12.1 Å². The first-order valence-electron chi connectivity index (χ1n) is 33.0. The molecule has 0 heterocycles. The van der Waals surface area contributed by atoms with Crippen LogP contribution in [-0.2, 0) is 28.6 Å². The van der Waals surface area contributed by atoms with Gasteiger partial charge in [-0.3, -0.25) is 14.4 Å². The first kappa shape index (κ1) is 76.0. The van der Waals surface area contributed by atoms with Crippen LogP contribution in [0.1, 0.15) is 278 Å². The Hall–Kier alpha value is -4.97. The Morgan fingerprint density at radius 2 is 0.531 bits per heavy atom. The van der Waals surface area contributed by atoms with Crippen molar-refractivity contribution in [2.24, 2.45) is 0 Å². The van der Waals surface area contributed by atoms with Crippen LogP contribution in [0.5, 0.6) is 0 Å². The van der Waals surface area contributed by atoms with Crippen molar-refractivity contribution in [1.82, 2.24) is 0 Å². The second-order valence-corrected chi connectivity index (χ2v) is 21.3. The highest BCUT2D eigenvalue weighted by Crippen LogP contribution is 2.15. The maximum atomic E-state index is 12.9. The molecule has 1 unspecified atom stereocenters. The Balaban J connectivity index is 4.46. The molecule has 0 aromatic heterocycles. The molecule has 0 aromatic rings. The van der Waals surface area contributed by atoms with Crippen molar-refractivity contribution in [2.75, 3.05) is 13.2 Å². The van der Waals surface area contributed by atoms with Crippen molar-refractivity contribution in [1.29, 1.82) is 0 Å². The summed E-state index contributed by atoms with van der Waals surface area (Å²) in [5.74, 6) is -1.11. The molecule has 0 aliphatic carbocycles. The highest BCUT2D eigenvalue weighted by Gasteiger charge is 2.19. The van der Waals surface area contributed by atoms with Gasteiger partial charge in [0, 0.05) is 12.8 Å². The van der Waals surface area contributed by atoms with Gasteiger partial charge in [-0.25, -0.2) is 0 Å². The normalized spacial score (nSPS) is 13.2. The van der Waals surface area contributed by atoms with Crippen LogP contribution in [0, 0.1) is 0 Å². The van der Waals surface area contributed by atoms with Gasteiger partial charge in [0.05, 0.1) is 6.42 Å². The van der Waals surface area contributed by atoms with Gasteiger partial charge in [0.25, 0.3) is 0 Å². The number of hydrogen-bond acceptors (Lipinski definition) is 6. The van der Waals surface area contributed by atoms with Crippen molar-refractivity contribution >= 4 is 17.9 Å². The third-order valence-corrected chi connectivity index (χ3v) is 13.5. The van der Waals surface area contributed by atoms with Crippen LogP contribution in [0.3, 0.4) is 0 Å². The zero-order valence-electron chi connectivity index (χ0n) is 52.2. The standard InChI is InChI=1S/C75H120O6/c1-4-7-10-13-16-19-22-25-28-30-32-34-35-36-37-38-39-41-42-44-47-50-53-56-59-62-65-68-74(77)80-71-72(70-79-73(76)67-64-61-58-55-52-49-46-27-24-21-18-15-12-9-6-3)81-75(78)69-66-63-60-57-54-51-48-45-43-40-33-31-29-26-23-20-17-14-11-8-5-2/h8-9,11-12,17-18,20-22,25-27,29-30,32-33,40,45-46,48,52,54-55,57,61,64,72H,4-7,10,13-16,19,23-24,28,31,34-39,41-44,47,49-51,53,56,58-60,62-63,65-71H2,1-3H3/b11-8-,12-9-,20-17-,21-18-,25-22-,29-26-,32-30-,40-33-,46-27-,48-45-,55-52-,57-54-,64-61-. The highest BCUT2D eigenvalue weighted by atomic mass is 16.6. The number of rotatable bonds is 58. The lowest BCUT2D eigenvalue weighted by molar-refractivity contribution is -0.166. The molecule has 0 fully saturated rings. The lowest BCUT2D eigenvalue weighted by Gasteiger charge is -2.18. The van der Waals surface area contributed by atoms with Crippen LogP contribution >= 0.6 is 0 Å². The summed E-state index contributed by atoms with van der Waals surface area (Å²) in [6.45, 7) is 6.28. The molecule has 0 spiro atoms. The van der Waals surface area contributed by atoms with Gasteiger partial charge < -0.3 is 14.2 Å². The molecule has 0 aliphatic rings. The van der Waals surface area contributed by atoms with Crippen LogP contribution < -0.4 is 0 Å². The number of unbranched alkanes of at least 4 members (excludes halogenated alkanes) is 22. The molecule has 456 valence electrons. The predicted octanol–water partition coefficient (Wildman–Crippen LogP) is 22.9. The number of allylic oxidation sites excluding steroid dienone is 25. The van der Waals surface area contributed by atoms with Crippen LogP contribution in [0.15, 0.2) is 158 Å². The van der Waals surface area contributed by atoms with E-state index in [1.807, 2.05) is 6.08 Å². The summed E-state index contributed by atoms with van der Waals surface area (Å²) in [4.78, 5) is 38.3. The van der Waals surface area contributed by atoms with Crippen LogP contribution in [0.2, 0.25) is 0 Å². The van der Waals surface area contributed by atoms with Gasteiger partial charge in [0.1, 0.15) is 13.2 Å². The molecule has 0 aliphatic heterocycles. The molecular formula is C75H120O6. The Bertz CT molecular complexity index is 1810. The minimum absolute atomic E-state index is 0.111. The fourth-order valence-electron chi connectivity index (χ4n) is 8.67. The topological polar surface area (TPSA) is 78.9 Å². The molecule has 6 nitrogen and oxygen atoms in total. The Kier molecular flexibility index (Phi) is 63.4. The van der Waals surface area contributed by atoms with Crippen LogP contribution in [-0.4, -0.2) is 37.2 Å². The summed E-state index contributed by atoms with van der Waals surface area (Å²) in [6, 6.07) is 0. The van der Waals surface area contributed by atoms with Gasteiger partial charge in [-0.05, 0) is 128 Å². The van der Waals surface area contributed by atoms with Gasteiger partial charge in [0.2, 0.25) is 0 Å². The monoisotopic (exact) mass is 1120 g/mol. The number of ether oxygens (including phenoxy) is 3. The Labute approximate surface area is 499 Å². The smallest absolute Gasteiger partial charge is 0.309 e. The average Bonchev–Trinajstić information content (AvgIpc) is 3.47. The summed E-state index contributed by atoms with van der Waals surface area (Å²) >= 11 is 0. The number of esters is 3. The Morgan fingerprint density at radius 3 is 0.889 bits per heavy atom. The maximum absolute atomic E-state index is 12.9. The molecule has 6 heteroatoms. The van der Waals surface area contributed by atoms with E-state index in [4.69, 9.17) is 14.2 Å². The highest BCUT2D eigenvalue weighted by molar-refractivity contribution is 5.72. The van der Waals surface area contributed by atoms with E-state index in [1.165, 1.54) is 122 Å². The molecule has 0 bridgehead atoms. The van der Waals surface area contributed by atoms with Crippen molar-refractivity contribution in [3.05, 3.63) is 158 Å². The number of carbonyl (C=O) groups is 3. The van der Waals surface area contributed by atoms with E-state index in [9.17, 15) is 14.4 Å². The van der Waals surface area contributed by atoms with E-state index in [-0.39, 0.29) is 38.0 Å². The third-order valence-electron chi connectivity index (χ3n) is 13.5. The molecule has 0 saturated carbocycles. The molecular weight excluding hydrogens is 997 g/mol. The number of carbonyl (C=O) groups excluding carboxylic acids is 3. The molecule has 1 atom stereocenters. The van der Waals surface area contributed by atoms with Crippen molar-refractivity contribution in [3.8, 4) is 0 Å². The minimum Gasteiger partial charge on any atom is -0.462 e. The van der Waals surface area contributed by atoms with Crippen LogP contribution in [0.25, 0.3) is 0 Å². The summed E-state index contributed by atoms with van der Waals surface area (Å²) in [5.41, 5.74) is 0. The lowest BCUT2D eigenvalue weighted by Crippen LogP contribution is -2.30. The maximum Gasteiger partial charge on any atom is 0.309 e. The zero-order chi connectivity index (χ0) is 58.5. The summed E-state index contributed by atoms with van der Waals surface area (Å²) < 4.78 is 16.8. The molecule has 0 rings (SSSR count). The van der Waals surface area contributed by atoms with E-state index >= 15 is 0 Å². The van der Waals surface area contributed by atoms with Gasteiger partial charge in [0.15, 0.2) is 6.10 Å². The fraction of sp³-hybridized carbons (Fsp3) is 0.613. The average molecular weight is 1120 g/mol. The third kappa shape index (κ3) is 65.7.